The standard InChI is InChI=1S/C18H15ClN4O.C16H22N2O3/c1-11-21-22-17-10-20-18(12-3-5-13(19)6-4-12)15-9-14(24-2)7-8-16(15)23(11)17;1-11(12-4-5-12)17-8-2-3-9-18-16(21)13-6-7-14(19)15(20)10-13/h3-9H,10H2,1-2H3;6-7,10,17,19-20H,2-5,8-9H2,1H3,(H,18,21). The Bertz CT molecular complexity index is 1740. The molecular formula is C34H37ClN6O4. The van der Waals surface area contributed by atoms with Crippen LogP contribution >= 0.6 is 11.6 Å². The van der Waals surface area contributed by atoms with E-state index in [1.165, 1.54) is 42.3 Å². The normalized spacial score (nSPS) is 12.9. The quantitative estimate of drug-likeness (QED) is 0.135. The summed E-state index contributed by atoms with van der Waals surface area (Å²) in [5, 5.41) is 33.9. The number of benzene rings is 3. The van der Waals surface area contributed by atoms with E-state index in [2.05, 4.69) is 27.8 Å². The first-order chi connectivity index (χ1) is 21.7. The number of ether oxygens (including phenoxy) is 1. The lowest BCUT2D eigenvalue weighted by Gasteiger charge is -2.14. The van der Waals surface area contributed by atoms with Crippen molar-refractivity contribution in [2.24, 2.45) is 4.99 Å². The number of methoxy groups -OCH3 is 1. The molecule has 1 aliphatic carbocycles. The second-order valence-electron chi connectivity index (χ2n) is 10.9. The number of carbonyl (C=O) groups excluding carboxylic acids is 1. The Balaban J connectivity index is 0.000000180. The zero-order valence-electron chi connectivity index (χ0n) is 25.6. The summed E-state index contributed by atoms with van der Waals surface area (Å²) in [6.07, 6.45) is 4.35. The van der Waals surface area contributed by atoms with Gasteiger partial charge in [0.25, 0.3) is 5.91 Å². The highest BCUT2D eigenvalue weighted by Gasteiger charge is 2.22. The van der Waals surface area contributed by atoms with Crippen LogP contribution in [0.15, 0.2) is 76.9 Å². The maximum absolute atomic E-state index is 11.8. The van der Waals surface area contributed by atoms with Crippen molar-refractivity contribution in [2.75, 3.05) is 20.2 Å². The number of aromatic hydroxyl groups is 2. The molecule has 3 aromatic carbocycles. The van der Waals surface area contributed by atoms with Crippen molar-refractivity contribution in [2.45, 2.75) is 46.1 Å². The number of aliphatic imine (C=N–C) groups is 1. The van der Waals surface area contributed by atoms with E-state index < -0.39 is 0 Å². The number of aromatic nitrogens is 3. The molecule has 0 saturated heterocycles. The number of allylic oxidation sites excluding steroid dienone is 2. The molecule has 2 heterocycles. The topological polar surface area (TPSA) is 134 Å². The molecular weight excluding hydrogens is 592 g/mol. The van der Waals surface area contributed by atoms with Gasteiger partial charge in [0.05, 0.1) is 18.5 Å². The predicted molar refractivity (Wildman–Crippen MR) is 175 cm³/mol. The van der Waals surface area contributed by atoms with E-state index in [9.17, 15) is 15.0 Å². The minimum Gasteiger partial charge on any atom is -0.504 e. The maximum Gasteiger partial charge on any atom is 0.251 e. The smallest absolute Gasteiger partial charge is 0.251 e. The van der Waals surface area contributed by atoms with Gasteiger partial charge in [0.1, 0.15) is 18.1 Å². The van der Waals surface area contributed by atoms with E-state index in [1.807, 2.05) is 54.0 Å². The van der Waals surface area contributed by atoms with E-state index >= 15 is 0 Å². The Morgan fingerprint density at radius 2 is 1.69 bits per heavy atom. The van der Waals surface area contributed by atoms with Crippen LogP contribution in [0, 0.1) is 6.92 Å². The van der Waals surface area contributed by atoms with Crippen molar-refractivity contribution in [1.29, 1.82) is 0 Å². The number of rotatable bonds is 9. The van der Waals surface area contributed by atoms with Crippen LogP contribution in [0.1, 0.15) is 65.7 Å². The first-order valence-corrected chi connectivity index (χ1v) is 15.3. The molecule has 4 N–H and O–H groups in total. The van der Waals surface area contributed by atoms with Crippen LogP contribution in [0.3, 0.4) is 0 Å². The summed E-state index contributed by atoms with van der Waals surface area (Å²) < 4.78 is 7.45. The van der Waals surface area contributed by atoms with Crippen molar-refractivity contribution in [3.63, 3.8) is 0 Å². The summed E-state index contributed by atoms with van der Waals surface area (Å²) in [7, 11) is 1.66. The Morgan fingerprint density at radius 3 is 2.38 bits per heavy atom. The maximum atomic E-state index is 11.8. The molecule has 0 radical (unpaired) electrons. The van der Waals surface area contributed by atoms with Gasteiger partial charge in [-0.1, -0.05) is 29.3 Å². The second kappa shape index (κ2) is 14.3. The molecule has 2 aliphatic rings. The lowest BCUT2D eigenvalue weighted by atomic mass is 10.00. The lowest BCUT2D eigenvalue weighted by Crippen LogP contribution is -2.25. The third-order valence-corrected chi connectivity index (χ3v) is 7.89. The minimum atomic E-state index is -0.282. The van der Waals surface area contributed by atoms with E-state index in [0.717, 1.165) is 59.3 Å². The molecule has 45 heavy (non-hydrogen) atoms. The fourth-order valence-corrected chi connectivity index (χ4v) is 5.12. The van der Waals surface area contributed by atoms with Crippen molar-refractivity contribution in [3.8, 4) is 22.9 Å². The van der Waals surface area contributed by atoms with Crippen LogP contribution in [0.4, 0.5) is 0 Å². The molecule has 1 amide bonds. The van der Waals surface area contributed by atoms with E-state index in [4.69, 9.17) is 21.3 Å². The number of hydrogen-bond donors (Lipinski definition) is 4. The molecule has 0 bridgehead atoms. The van der Waals surface area contributed by atoms with Gasteiger partial charge in [-0.25, -0.2) is 0 Å². The van der Waals surface area contributed by atoms with E-state index in [1.54, 1.807) is 7.11 Å². The average molecular weight is 629 g/mol. The summed E-state index contributed by atoms with van der Waals surface area (Å²) >= 11 is 6.02. The van der Waals surface area contributed by atoms with Gasteiger partial charge in [-0.05, 0) is 88.1 Å². The number of aryl methyl sites for hydroxylation is 1. The lowest BCUT2D eigenvalue weighted by molar-refractivity contribution is 0.0952. The molecule has 0 spiro atoms. The van der Waals surface area contributed by atoms with Crippen molar-refractivity contribution >= 4 is 23.2 Å². The van der Waals surface area contributed by atoms with Gasteiger partial charge in [-0.15, -0.1) is 10.2 Å². The Kier molecular flexibility index (Phi) is 10.0. The molecule has 10 nitrogen and oxygen atoms in total. The van der Waals surface area contributed by atoms with Crippen LogP contribution in [0.5, 0.6) is 17.2 Å². The molecule has 11 heteroatoms. The largest absolute Gasteiger partial charge is 0.504 e. The van der Waals surface area contributed by atoms with Crippen LogP contribution in [0.25, 0.3) is 5.69 Å². The number of carbonyl (C=O) groups is 1. The summed E-state index contributed by atoms with van der Waals surface area (Å²) in [4.78, 5) is 16.6. The van der Waals surface area contributed by atoms with E-state index in [0.29, 0.717) is 23.7 Å². The van der Waals surface area contributed by atoms with Crippen LogP contribution in [-0.2, 0) is 6.54 Å². The molecule has 0 unspecified atom stereocenters. The molecule has 6 rings (SSSR count). The SMILES string of the molecule is CC(NCCCCNC(=O)c1ccc(O)c(O)c1)=C1CC1.COc1ccc2c(c1)C(c1ccc(Cl)cc1)=NCc1nnc(C)n1-2. The number of nitrogens with zero attached hydrogens (tertiary/aromatic N) is 4. The summed E-state index contributed by atoms with van der Waals surface area (Å²) in [5.41, 5.74) is 7.06. The number of amides is 1. The zero-order chi connectivity index (χ0) is 31.9. The summed E-state index contributed by atoms with van der Waals surface area (Å²) in [5.74, 6) is 1.69. The van der Waals surface area contributed by atoms with Crippen LogP contribution < -0.4 is 15.4 Å². The van der Waals surface area contributed by atoms with Crippen LogP contribution in [0.2, 0.25) is 5.02 Å². The number of unbranched alkanes of at least 4 members (excludes halogenated alkanes) is 1. The monoisotopic (exact) mass is 628 g/mol. The number of phenols is 2. The Hall–Kier alpha value is -4.83. The van der Waals surface area contributed by atoms with Gasteiger partial charge in [-0.2, -0.15) is 0 Å². The third kappa shape index (κ3) is 7.82. The first-order valence-electron chi connectivity index (χ1n) is 14.9. The van der Waals surface area contributed by atoms with Crippen molar-refractivity contribution in [1.82, 2.24) is 25.4 Å². The molecule has 0 atom stereocenters. The number of halogens is 1. The number of nitrogens with one attached hydrogen (secondary N) is 2. The molecule has 1 fully saturated rings. The number of phenolic OH excluding ortho intramolecular Hbond substituents is 2. The molecule has 1 aromatic heterocycles. The number of hydrogen-bond acceptors (Lipinski definition) is 8. The number of fused-ring (bicyclic) bond motifs is 3. The first kappa shape index (κ1) is 31.6. The van der Waals surface area contributed by atoms with Gasteiger partial charge in [0.2, 0.25) is 0 Å². The van der Waals surface area contributed by atoms with Gasteiger partial charge in [-0.3, -0.25) is 14.4 Å². The Morgan fingerprint density at radius 1 is 0.956 bits per heavy atom. The molecule has 4 aromatic rings. The summed E-state index contributed by atoms with van der Waals surface area (Å²) in [6.45, 7) is 6.04. The van der Waals surface area contributed by atoms with Crippen molar-refractivity contribution in [3.05, 3.63) is 105 Å². The summed E-state index contributed by atoms with van der Waals surface area (Å²) in [6, 6.07) is 17.7. The predicted octanol–water partition coefficient (Wildman–Crippen LogP) is 5.85. The molecule has 1 aliphatic heterocycles. The third-order valence-electron chi connectivity index (χ3n) is 7.64. The van der Waals surface area contributed by atoms with E-state index in [-0.39, 0.29) is 17.4 Å². The zero-order valence-corrected chi connectivity index (χ0v) is 26.4. The molecule has 1 saturated carbocycles. The fourth-order valence-electron chi connectivity index (χ4n) is 5.00. The van der Waals surface area contributed by atoms with Gasteiger partial charge in [0, 0.05) is 40.5 Å². The highest BCUT2D eigenvalue weighted by molar-refractivity contribution is 6.30. The second-order valence-corrected chi connectivity index (χ2v) is 11.3. The average Bonchev–Trinajstić information content (AvgIpc) is 3.85. The van der Waals surface area contributed by atoms with Crippen molar-refractivity contribution < 1.29 is 19.7 Å². The fraction of sp³-hybridized carbons (Fsp3) is 0.294. The van der Waals surface area contributed by atoms with Gasteiger partial charge >= 0.3 is 0 Å². The minimum absolute atomic E-state index is 0.224. The highest BCUT2D eigenvalue weighted by atomic mass is 35.5. The van der Waals surface area contributed by atoms with Gasteiger partial charge in [0.15, 0.2) is 17.3 Å². The molecule has 234 valence electrons. The Labute approximate surface area is 267 Å². The van der Waals surface area contributed by atoms with Gasteiger partial charge < -0.3 is 25.6 Å². The highest BCUT2D eigenvalue weighted by Crippen LogP contribution is 2.31. The van der Waals surface area contributed by atoms with Crippen LogP contribution in [-0.4, -0.2) is 56.8 Å².